The van der Waals surface area contributed by atoms with E-state index < -0.39 is 11.0 Å². The highest BCUT2D eigenvalue weighted by atomic mass is 16.6. The number of pyridine rings is 1. The summed E-state index contributed by atoms with van der Waals surface area (Å²) in [5.74, 6) is 0.331. The Morgan fingerprint density at radius 1 is 1.59 bits per heavy atom. The van der Waals surface area contributed by atoms with Gasteiger partial charge in [0.05, 0.1) is 16.6 Å². The van der Waals surface area contributed by atoms with E-state index in [1.807, 2.05) is 6.92 Å². The van der Waals surface area contributed by atoms with Gasteiger partial charge in [-0.2, -0.15) is 0 Å². The van der Waals surface area contributed by atoms with Crippen LogP contribution < -0.4 is 0 Å². The van der Waals surface area contributed by atoms with Crippen molar-refractivity contribution in [2.75, 3.05) is 0 Å². The molecule has 0 aliphatic heterocycles. The van der Waals surface area contributed by atoms with Gasteiger partial charge < -0.3 is 5.11 Å². The molecule has 0 unspecified atom stereocenters. The zero-order chi connectivity index (χ0) is 12.4. The van der Waals surface area contributed by atoms with E-state index in [-0.39, 0.29) is 5.69 Å². The third kappa shape index (κ3) is 2.50. The number of allylic oxidation sites excluding steroid dienone is 1. The summed E-state index contributed by atoms with van der Waals surface area (Å²) in [5, 5.41) is 20.6. The van der Waals surface area contributed by atoms with Crippen molar-refractivity contribution in [1.82, 2.24) is 4.98 Å². The summed E-state index contributed by atoms with van der Waals surface area (Å²) in [5.41, 5.74) is 1.40. The minimum atomic E-state index is -0.512. The molecule has 0 saturated heterocycles. The number of aliphatic hydroxyl groups is 1. The van der Waals surface area contributed by atoms with Gasteiger partial charge in [0.25, 0.3) is 5.69 Å². The SMILES string of the molecule is C[C@H]1CC(c2ccncc2[N+](=O)[O-])=C[C@@H](O)C1. The molecule has 1 aromatic rings. The van der Waals surface area contributed by atoms with Crippen LogP contribution in [0.3, 0.4) is 0 Å². The van der Waals surface area contributed by atoms with Gasteiger partial charge in [0, 0.05) is 6.20 Å². The Morgan fingerprint density at radius 3 is 3.00 bits per heavy atom. The molecular weight excluding hydrogens is 220 g/mol. The smallest absolute Gasteiger partial charge is 0.294 e. The Balaban J connectivity index is 2.43. The summed E-state index contributed by atoms with van der Waals surface area (Å²) in [6.07, 6.45) is 5.45. The second kappa shape index (κ2) is 4.63. The van der Waals surface area contributed by atoms with Gasteiger partial charge in [-0.25, -0.2) is 0 Å². The molecule has 1 aliphatic carbocycles. The maximum absolute atomic E-state index is 10.9. The molecule has 1 aromatic heterocycles. The quantitative estimate of drug-likeness (QED) is 0.628. The van der Waals surface area contributed by atoms with Crippen LogP contribution in [0.1, 0.15) is 25.3 Å². The average Bonchev–Trinajstić information content (AvgIpc) is 2.27. The number of hydrogen-bond donors (Lipinski definition) is 1. The first-order chi connectivity index (χ1) is 8.08. The standard InChI is InChI=1S/C12H14N2O3/c1-8-4-9(6-10(15)5-8)11-2-3-13-7-12(11)14(16)17/h2-3,6-8,10,15H,4-5H2,1H3/t8-,10-/m0/s1. The zero-order valence-corrected chi connectivity index (χ0v) is 9.54. The molecule has 2 rings (SSSR count). The van der Waals surface area contributed by atoms with Crippen LogP contribution in [-0.2, 0) is 0 Å². The van der Waals surface area contributed by atoms with Gasteiger partial charge in [-0.3, -0.25) is 15.1 Å². The Bertz CT molecular complexity index is 471. The van der Waals surface area contributed by atoms with Gasteiger partial charge in [-0.15, -0.1) is 0 Å². The first-order valence-electron chi connectivity index (χ1n) is 5.55. The normalized spacial score (nSPS) is 24.2. The van der Waals surface area contributed by atoms with Crippen LogP contribution in [0.15, 0.2) is 24.5 Å². The largest absolute Gasteiger partial charge is 0.389 e. The van der Waals surface area contributed by atoms with Crippen LogP contribution in [0.25, 0.3) is 5.57 Å². The second-order valence-electron chi connectivity index (χ2n) is 4.45. The van der Waals surface area contributed by atoms with Crippen molar-refractivity contribution >= 4 is 11.3 Å². The molecule has 1 N–H and O–H groups in total. The van der Waals surface area contributed by atoms with Crippen molar-refractivity contribution in [2.45, 2.75) is 25.9 Å². The van der Waals surface area contributed by atoms with Crippen molar-refractivity contribution in [1.29, 1.82) is 0 Å². The molecule has 17 heavy (non-hydrogen) atoms. The number of nitrogens with zero attached hydrogens (tertiary/aromatic N) is 2. The number of rotatable bonds is 2. The Kier molecular flexibility index (Phi) is 3.19. The van der Waals surface area contributed by atoms with E-state index in [1.54, 1.807) is 12.1 Å². The molecule has 1 aliphatic rings. The Hall–Kier alpha value is -1.75. The number of nitro groups is 1. The van der Waals surface area contributed by atoms with E-state index >= 15 is 0 Å². The molecule has 5 heteroatoms. The second-order valence-corrected chi connectivity index (χ2v) is 4.45. The fraction of sp³-hybridized carbons (Fsp3) is 0.417. The summed E-state index contributed by atoms with van der Waals surface area (Å²) in [4.78, 5) is 14.2. The Labute approximate surface area is 99.0 Å². The molecule has 0 fully saturated rings. The van der Waals surface area contributed by atoms with E-state index in [0.29, 0.717) is 17.9 Å². The van der Waals surface area contributed by atoms with E-state index in [2.05, 4.69) is 4.98 Å². The molecule has 0 radical (unpaired) electrons. The van der Waals surface area contributed by atoms with Gasteiger partial charge in [-0.05, 0) is 30.4 Å². The van der Waals surface area contributed by atoms with E-state index in [1.165, 1.54) is 12.4 Å². The average molecular weight is 234 g/mol. The van der Waals surface area contributed by atoms with Crippen molar-refractivity contribution in [3.05, 3.63) is 40.2 Å². The van der Waals surface area contributed by atoms with E-state index in [9.17, 15) is 15.2 Å². The van der Waals surface area contributed by atoms with Crippen molar-refractivity contribution < 1.29 is 10.0 Å². The fourth-order valence-corrected chi connectivity index (χ4v) is 2.24. The minimum absolute atomic E-state index is 0.0000463. The fourth-order valence-electron chi connectivity index (χ4n) is 2.24. The summed E-state index contributed by atoms with van der Waals surface area (Å²) < 4.78 is 0. The maximum Gasteiger partial charge on any atom is 0.294 e. The lowest BCUT2D eigenvalue weighted by molar-refractivity contribution is -0.385. The van der Waals surface area contributed by atoms with Crippen LogP contribution >= 0.6 is 0 Å². The minimum Gasteiger partial charge on any atom is -0.389 e. The van der Waals surface area contributed by atoms with Gasteiger partial charge in [0.15, 0.2) is 0 Å². The molecule has 1 heterocycles. The van der Waals surface area contributed by atoms with Crippen LogP contribution in [0.4, 0.5) is 5.69 Å². The van der Waals surface area contributed by atoms with Crippen LogP contribution in [-0.4, -0.2) is 21.1 Å². The molecule has 0 saturated carbocycles. The lowest BCUT2D eigenvalue weighted by atomic mass is 9.85. The third-order valence-corrected chi connectivity index (χ3v) is 2.95. The topological polar surface area (TPSA) is 76.3 Å². The molecular formula is C12H14N2O3. The number of aliphatic hydroxyl groups excluding tert-OH is 1. The summed E-state index contributed by atoms with van der Waals surface area (Å²) in [6.45, 7) is 2.03. The molecule has 0 bridgehead atoms. The predicted molar refractivity (Wildman–Crippen MR) is 63.3 cm³/mol. The highest BCUT2D eigenvalue weighted by Crippen LogP contribution is 2.34. The molecule has 2 atom stereocenters. The lowest BCUT2D eigenvalue weighted by Gasteiger charge is -2.22. The predicted octanol–water partition coefficient (Wildman–Crippen LogP) is 2.16. The number of hydrogen-bond acceptors (Lipinski definition) is 4. The molecule has 0 amide bonds. The van der Waals surface area contributed by atoms with Gasteiger partial charge in [0.1, 0.15) is 6.20 Å². The lowest BCUT2D eigenvalue weighted by Crippen LogP contribution is -2.16. The molecule has 0 aromatic carbocycles. The van der Waals surface area contributed by atoms with Crippen molar-refractivity contribution in [2.24, 2.45) is 5.92 Å². The van der Waals surface area contributed by atoms with Crippen LogP contribution in [0.5, 0.6) is 0 Å². The summed E-state index contributed by atoms with van der Waals surface area (Å²) in [7, 11) is 0. The first kappa shape index (κ1) is 11.7. The molecule has 5 nitrogen and oxygen atoms in total. The highest BCUT2D eigenvalue weighted by Gasteiger charge is 2.23. The first-order valence-corrected chi connectivity index (χ1v) is 5.55. The Morgan fingerprint density at radius 2 is 2.35 bits per heavy atom. The molecule has 90 valence electrons. The van der Waals surface area contributed by atoms with Crippen LogP contribution in [0.2, 0.25) is 0 Å². The van der Waals surface area contributed by atoms with Crippen molar-refractivity contribution in [3.8, 4) is 0 Å². The van der Waals surface area contributed by atoms with E-state index in [4.69, 9.17) is 0 Å². The monoisotopic (exact) mass is 234 g/mol. The van der Waals surface area contributed by atoms with E-state index in [0.717, 1.165) is 12.0 Å². The highest BCUT2D eigenvalue weighted by molar-refractivity contribution is 5.73. The molecule has 0 spiro atoms. The zero-order valence-electron chi connectivity index (χ0n) is 9.54. The van der Waals surface area contributed by atoms with Crippen molar-refractivity contribution in [3.63, 3.8) is 0 Å². The van der Waals surface area contributed by atoms with Gasteiger partial charge in [-0.1, -0.05) is 13.0 Å². The third-order valence-electron chi connectivity index (χ3n) is 2.95. The van der Waals surface area contributed by atoms with Crippen LogP contribution in [0, 0.1) is 16.0 Å². The summed E-state index contributed by atoms with van der Waals surface area (Å²) in [6, 6.07) is 1.63. The van der Waals surface area contributed by atoms with Gasteiger partial charge >= 0.3 is 0 Å². The van der Waals surface area contributed by atoms with Gasteiger partial charge in [0.2, 0.25) is 0 Å². The maximum atomic E-state index is 10.9. The summed E-state index contributed by atoms with van der Waals surface area (Å²) >= 11 is 0. The number of aromatic nitrogens is 1.